The SMILES string of the molecule is CC(=O)NCC1CN(c2ccc([C@H]3CCS[C@H](O)C3)c(F)c2)C(=O)O1. The van der Waals surface area contributed by atoms with Gasteiger partial charge < -0.3 is 15.2 Å². The predicted molar refractivity (Wildman–Crippen MR) is 93.1 cm³/mol. The number of nitrogens with one attached hydrogen (secondary N) is 1. The summed E-state index contributed by atoms with van der Waals surface area (Å²) in [7, 11) is 0. The first-order valence-corrected chi connectivity index (χ1v) is 9.30. The van der Waals surface area contributed by atoms with Gasteiger partial charge >= 0.3 is 6.09 Å². The molecule has 2 amide bonds. The molecule has 2 N–H and O–H groups in total. The molecule has 0 aliphatic carbocycles. The van der Waals surface area contributed by atoms with Crippen molar-refractivity contribution < 1.29 is 23.8 Å². The van der Waals surface area contributed by atoms with Gasteiger partial charge in [-0.2, -0.15) is 0 Å². The molecule has 0 aromatic heterocycles. The van der Waals surface area contributed by atoms with Crippen molar-refractivity contribution in [3.63, 3.8) is 0 Å². The molecule has 1 aromatic carbocycles. The first-order chi connectivity index (χ1) is 11.9. The molecule has 1 unspecified atom stereocenters. The van der Waals surface area contributed by atoms with E-state index in [-0.39, 0.29) is 30.7 Å². The summed E-state index contributed by atoms with van der Waals surface area (Å²) < 4.78 is 19.8. The molecule has 0 bridgehead atoms. The molecule has 136 valence electrons. The van der Waals surface area contributed by atoms with Crippen molar-refractivity contribution in [1.82, 2.24) is 5.32 Å². The zero-order valence-corrected chi connectivity index (χ0v) is 14.7. The molecule has 3 rings (SSSR count). The topological polar surface area (TPSA) is 78.9 Å². The Kier molecular flexibility index (Phi) is 5.48. The molecule has 0 saturated carbocycles. The van der Waals surface area contributed by atoms with Gasteiger partial charge in [0.15, 0.2) is 0 Å². The van der Waals surface area contributed by atoms with Crippen LogP contribution >= 0.6 is 11.8 Å². The monoisotopic (exact) mass is 368 g/mol. The number of benzene rings is 1. The number of amides is 2. The molecule has 2 aliphatic rings. The molecule has 8 heteroatoms. The molecule has 2 saturated heterocycles. The molecule has 0 spiro atoms. The summed E-state index contributed by atoms with van der Waals surface area (Å²) >= 11 is 1.49. The lowest BCUT2D eigenvalue weighted by molar-refractivity contribution is -0.119. The minimum Gasteiger partial charge on any atom is -0.442 e. The number of carbonyl (C=O) groups excluding carboxylic acids is 2. The zero-order chi connectivity index (χ0) is 18.0. The van der Waals surface area contributed by atoms with Crippen molar-refractivity contribution in [2.45, 2.75) is 37.2 Å². The van der Waals surface area contributed by atoms with E-state index in [1.807, 2.05) is 0 Å². The van der Waals surface area contributed by atoms with Gasteiger partial charge in [0.2, 0.25) is 5.91 Å². The number of hydrogen-bond acceptors (Lipinski definition) is 5. The fraction of sp³-hybridized carbons (Fsp3) is 0.529. The maximum absolute atomic E-state index is 14.6. The molecule has 6 nitrogen and oxygen atoms in total. The number of aliphatic hydroxyl groups excluding tert-OH is 1. The highest BCUT2D eigenvalue weighted by Crippen LogP contribution is 2.37. The van der Waals surface area contributed by atoms with Crippen molar-refractivity contribution in [2.75, 3.05) is 23.7 Å². The lowest BCUT2D eigenvalue weighted by Gasteiger charge is -2.26. The Morgan fingerprint density at radius 3 is 3.00 bits per heavy atom. The Hall–Kier alpha value is -1.80. The molecule has 0 radical (unpaired) electrons. The fourth-order valence-corrected chi connectivity index (χ4v) is 4.23. The number of thioether (sulfide) groups is 1. The largest absolute Gasteiger partial charge is 0.442 e. The number of aliphatic hydroxyl groups is 1. The summed E-state index contributed by atoms with van der Waals surface area (Å²) in [4.78, 5) is 24.3. The summed E-state index contributed by atoms with van der Waals surface area (Å²) in [5.41, 5.74) is 0.550. The minimum atomic E-state index is -0.549. The lowest BCUT2D eigenvalue weighted by Crippen LogP contribution is -2.33. The summed E-state index contributed by atoms with van der Waals surface area (Å²) in [6.07, 6.45) is 0.352. The normalized spacial score (nSPS) is 26.4. The van der Waals surface area contributed by atoms with Crippen LogP contribution in [0.5, 0.6) is 0 Å². The van der Waals surface area contributed by atoms with E-state index in [4.69, 9.17) is 4.74 Å². The number of hydrogen-bond donors (Lipinski definition) is 2. The van der Waals surface area contributed by atoms with Crippen LogP contribution in [0.25, 0.3) is 0 Å². The predicted octanol–water partition coefficient (Wildman–Crippen LogP) is 2.22. The van der Waals surface area contributed by atoms with E-state index in [1.165, 1.54) is 29.7 Å². The summed E-state index contributed by atoms with van der Waals surface area (Å²) in [5.74, 6) is 0.219. The van der Waals surface area contributed by atoms with Crippen LogP contribution in [0.4, 0.5) is 14.9 Å². The van der Waals surface area contributed by atoms with E-state index in [1.54, 1.807) is 12.1 Å². The second-order valence-corrected chi connectivity index (χ2v) is 7.59. The van der Waals surface area contributed by atoms with Crippen molar-refractivity contribution in [2.24, 2.45) is 0 Å². The van der Waals surface area contributed by atoms with Crippen LogP contribution in [0.1, 0.15) is 31.2 Å². The second-order valence-electron chi connectivity index (χ2n) is 6.31. The van der Waals surface area contributed by atoms with Crippen LogP contribution in [-0.2, 0) is 9.53 Å². The van der Waals surface area contributed by atoms with Crippen LogP contribution in [0, 0.1) is 5.82 Å². The van der Waals surface area contributed by atoms with Gasteiger partial charge in [0.05, 0.1) is 24.2 Å². The van der Waals surface area contributed by atoms with Gasteiger partial charge in [-0.25, -0.2) is 9.18 Å². The van der Waals surface area contributed by atoms with E-state index >= 15 is 0 Å². The highest BCUT2D eigenvalue weighted by molar-refractivity contribution is 7.99. The average Bonchev–Trinajstić information content (AvgIpc) is 2.94. The summed E-state index contributed by atoms with van der Waals surface area (Å²) in [6.45, 7) is 1.88. The first kappa shape index (κ1) is 18.0. The van der Waals surface area contributed by atoms with Crippen LogP contribution in [0.15, 0.2) is 18.2 Å². The molecule has 2 fully saturated rings. The third kappa shape index (κ3) is 4.24. The molecule has 25 heavy (non-hydrogen) atoms. The number of anilines is 1. The number of ether oxygens (including phenoxy) is 1. The standard InChI is InChI=1S/C17H21FN2O4S/c1-10(21)19-8-13-9-20(17(23)24-13)12-2-3-14(15(18)7-12)11-4-5-25-16(22)6-11/h2-3,7,11,13,16,22H,4-6,8-9H2,1H3,(H,19,21)/t11-,13?,16-/m0/s1. The molecule has 1 aromatic rings. The van der Waals surface area contributed by atoms with E-state index in [9.17, 15) is 19.1 Å². The molecule has 2 aliphatic heterocycles. The zero-order valence-electron chi connectivity index (χ0n) is 13.9. The maximum Gasteiger partial charge on any atom is 0.414 e. The number of cyclic esters (lactones) is 1. The van der Waals surface area contributed by atoms with Gasteiger partial charge in [0, 0.05) is 6.92 Å². The van der Waals surface area contributed by atoms with E-state index in [0.717, 1.165) is 12.2 Å². The Balaban J connectivity index is 1.70. The van der Waals surface area contributed by atoms with E-state index < -0.39 is 17.6 Å². The Bertz CT molecular complexity index is 672. The van der Waals surface area contributed by atoms with Gasteiger partial charge in [-0.15, -0.1) is 11.8 Å². The van der Waals surface area contributed by atoms with Crippen LogP contribution in [0.2, 0.25) is 0 Å². The van der Waals surface area contributed by atoms with Crippen molar-refractivity contribution >= 4 is 29.4 Å². The molecular formula is C17H21FN2O4S. The molecule has 2 heterocycles. The summed E-state index contributed by atoms with van der Waals surface area (Å²) in [5, 5.41) is 12.4. The molecular weight excluding hydrogens is 347 g/mol. The van der Waals surface area contributed by atoms with Crippen LogP contribution < -0.4 is 10.2 Å². The van der Waals surface area contributed by atoms with Crippen LogP contribution in [0.3, 0.4) is 0 Å². The smallest absolute Gasteiger partial charge is 0.414 e. The number of halogens is 1. The average molecular weight is 368 g/mol. The third-order valence-electron chi connectivity index (χ3n) is 4.45. The Morgan fingerprint density at radius 2 is 2.32 bits per heavy atom. The van der Waals surface area contributed by atoms with Gasteiger partial charge in [-0.05, 0) is 42.2 Å². The fourth-order valence-electron chi connectivity index (χ4n) is 3.17. The Morgan fingerprint density at radius 1 is 1.52 bits per heavy atom. The summed E-state index contributed by atoms with van der Waals surface area (Å²) in [6, 6.07) is 4.73. The van der Waals surface area contributed by atoms with Crippen molar-refractivity contribution in [1.29, 1.82) is 0 Å². The number of rotatable bonds is 4. The highest BCUT2D eigenvalue weighted by Gasteiger charge is 2.33. The Labute approximate surface area is 149 Å². The molecule has 3 atom stereocenters. The number of carbonyl (C=O) groups is 2. The van der Waals surface area contributed by atoms with Gasteiger partial charge in [0.25, 0.3) is 0 Å². The minimum absolute atomic E-state index is 0.0108. The number of nitrogens with zero attached hydrogens (tertiary/aromatic N) is 1. The van der Waals surface area contributed by atoms with Crippen LogP contribution in [-0.4, -0.2) is 47.5 Å². The quantitative estimate of drug-likeness (QED) is 0.852. The van der Waals surface area contributed by atoms with E-state index in [2.05, 4.69) is 5.32 Å². The third-order valence-corrected chi connectivity index (χ3v) is 5.50. The van der Waals surface area contributed by atoms with Gasteiger partial charge in [0.1, 0.15) is 11.9 Å². The van der Waals surface area contributed by atoms with Crippen molar-refractivity contribution in [3.05, 3.63) is 29.6 Å². The van der Waals surface area contributed by atoms with Gasteiger partial charge in [-0.3, -0.25) is 9.69 Å². The first-order valence-electron chi connectivity index (χ1n) is 8.25. The maximum atomic E-state index is 14.6. The van der Waals surface area contributed by atoms with Crippen molar-refractivity contribution in [3.8, 4) is 0 Å². The highest BCUT2D eigenvalue weighted by atomic mass is 32.2. The second kappa shape index (κ2) is 7.61. The lowest BCUT2D eigenvalue weighted by atomic mass is 9.92. The van der Waals surface area contributed by atoms with Gasteiger partial charge in [-0.1, -0.05) is 6.07 Å². The van der Waals surface area contributed by atoms with E-state index in [0.29, 0.717) is 17.7 Å².